The third kappa shape index (κ3) is 3.79. The summed E-state index contributed by atoms with van der Waals surface area (Å²) < 4.78 is 10.4. The van der Waals surface area contributed by atoms with Gasteiger partial charge in [0.1, 0.15) is 5.76 Å². The van der Waals surface area contributed by atoms with Gasteiger partial charge in [0.2, 0.25) is 5.89 Å². The predicted molar refractivity (Wildman–Crippen MR) is 82.7 cm³/mol. The van der Waals surface area contributed by atoms with E-state index in [1.54, 1.807) is 0 Å². The quantitative estimate of drug-likeness (QED) is 0.872. The van der Waals surface area contributed by atoms with Crippen LogP contribution in [0.2, 0.25) is 0 Å². The zero-order valence-corrected chi connectivity index (χ0v) is 13.5. The van der Waals surface area contributed by atoms with Crippen LogP contribution < -0.4 is 5.32 Å². The summed E-state index contributed by atoms with van der Waals surface area (Å²) in [7, 11) is 0. The van der Waals surface area contributed by atoms with E-state index in [0.29, 0.717) is 12.0 Å². The molecule has 4 rings (SSSR count). The standard InChI is InChI=1S/C16H23N5O2/c1-11-7-14(19-22-11)8-17-13-3-2-6-21(9-13)10-15-18-16(23-20-15)12-4-5-12/h7,12-13,17H,2-6,8-10H2,1H3. The maximum Gasteiger partial charge on any atom is 0.229 e. The largest absolute Gasteiger partial charge is 0.361 e. The fourth-order valence-electron chi connectivity index (χ4n) is 3.14. The van der Waals surface area contributed by atoms with Crippen LogP contribution in [0.15, 0.2) is 15.1 Å². The van der Waals surface area contributed by atoms with E-state index in [0.717, 1.165) is 49.3 Å². The highest BCUT2D eigenvalue weighted by Gasteiger charge is 2.30. The number of piperidine rings is 1. The highest BCUT2D eigenvalue weighted by atomic mass is 16.5. The minimum Gasteiger partial charge on any atom is -0.361 e. The first-order chi connectivity index (χ1) is 11.3. The zero-order valence-electron chi connectivity index (χ0n) is 13.5. The monoisotopic (exact) mass is 317 g/mol. The maximum absolute atomic E-state index is 5.34. The van der Waals surface area contributed by atoms with Crippen molar-refractivity contribution in [2.75, 3.05) is 13.1 Å². The number of likely N-dealkylation sites (tertiary alicyclic amines) is 1. The first-order valence-electron chi connectivity index (χ1n) is 8.46. The molecule has 1 atom stereocenters. The smallest absolute Gasteiger partial charge is 0.229 e. The molecule has 3 heterocycles. The van der Waals surface area contributed by atoms with Crippen molar-refractivity contribution in [1.29, 1.82) is 0 Å². The lowest BCUT2D eigenvalue weighted by Crippen LogP contribution is -2.45. The number of aryl methyl sites for hydroxylation is 1. The van der Waals surface area contributed by atoms with Crippen molar-refractivity contribution in [3.05, 3.63) is 29.2 Å². The average Bonchev–Trinajstić information content (AvgIpc) is 3.16. The third-order valence-corrected chi connectivity index (χ3v) is 4.53. The second kappa shape index (κ2) is 6.41. The molecule has 23 heavy (non-hydrogen) atoms. The van der Waals surface area contributed by atoms with E-state index in [4.69, 9.17) is 9.05 Å². The molecule has 1 unspecified atom stereocenters. The van der Waals surface area contributed by atoms with Crippen LogP contribution in [-0.2, 0) is 13.1 Å². The Morgan fingerprint density at radius 3 is 2.96 bits per heavy atom. The number of hydrogen-bond acceptors (Lipinski definition) is 7. The Labute approximate surface area is 135 Å². The van der Waals surface area contributed by atoms with Gasteiger partial charge in [-0.2, -0.15) is 4.98 Å². The number of nitrogens with one attached hydrogen (secondary N) is 1. The van der Waals surface area contributed by atoms with E-state index < -0.39 is 0 Å². The molecule has 1 N–H and O–H groups in total. The van der Waals surface area contributed by atoms with Gasteiger partial charge in [-0.15, -0.1) is 0 Å². The van der Waals surface area contributed by atoms with Crippen molar-refractivity contribution < 1.29 is 9.05 Å². The molecule has 0 bridgehead atoms. The van der Waals surface area contributed by atoms with Crippen LogP contribution in [0.3, 0.4) is 0 Å². The average molecular weight is 317 g/mol. The van der Waals surface area contributed by atoms with Gasteiger partial charge in [-0.05, 0) is 39.2 Å². The zero-order chi connectivity index (χ0) is 15.6. The molecule has 2 aromatic heterocycles. The first kappa shape index (κ1) is 14.8. The van der Waals surface area contributed by atoms with Gasteiger partial charge in [-0.1, -0.05) is 10.3 Å². The Morgan fingerprint density at radius 2 is 2.17 bits per heavy atom. The van der Waals surface area contributed by atoms with Crippen molar-refractivity contribution in [1.82, 2.24) is 25.5 Å². The fraction of sp³-hybridized carbons (Fsp3) is 0.688. The molecule has 7 heteroatoms. The van der Waals surface area contributed by atoms with Gasteiger partial charge in [0.05, 0.1) is 12.2 Å². The molecule has 2 aromatic rings. The molecule has 2 aliphatic rings. The van der Waals surface area contributed by atoms with Crippen LogP contribution >= 0.6 is 0 Å². The lowest BCUT2D eigenvalue weighted by atomic mass is 10.1. The van der Waals surface area contributed by atoms with Crippen molar-refractivity contribution >= 4 is 0 Å². The SMILES string of the molecule is Cc1cc(CNC2CCCN(Cc3noc(C4CC4)n3)C2)no1. The van der Waals surface area contributed by atoms with Gasteiger partial charge in [0, 0.05) is 31.1 Å². The summed E-state index contributed by atoms with van der Waals surface area (Å²) in [5.74, 6) is 3.03. The Balaban J connectivity index is 1.27. The summed E-state index contributed by atoms with van der Waals surface area (Å²) in [6.45, 7) is 5.54. The van der Waals surface area contributed by atoms with E-state index in [2.05, 4.69) is 25.5 Å². The molecule has 2 fully saturated rings. The number of nitrogens with zero attached hydrogens (tertiary/aromatic N) is 4. The number of aromatic nitrogens is 3. The molecule has 1 aliphatic heterocycles. The lowest BCUT2D eigenvalue weighted by Gasteiger charge is -2.32. The van der Waals surface area contributed by atoms with E-state index in [-0.39, 0.29) is 0 Å². The van der Waals surface area contributed by atoms with Gasteiger partial charge in [-0.3, -0.25) is 4.90 Å². The lowest BCUT2D eigenvalue weighted by molar-refractivity contribution is 0.176. The molecule has 7 nitrogen and oxygen atoms in total. The molecule has 1 saturated carbocycles. The summed E-state index contributed by atoms with van der Waals surface area (Å²) in [5.41, 5.74) is 0.965. The van der Waals surface area contributed by atoms with Gasteiger partial charge in [-0.25, -0.2) is 0 Å². The summed E-state index contributed by atoms with van der Waals surface area (Å²) in [5, 5.41) is 11.7. The fourth-order valence-corrected chi connectivity index (χ4v) is 3.14. The summed E-state index contributed by atoms with van der Waals surface area (Å²) in [6.07, 6.45) is 4.76. The predicted octanol–water partition coefficient (Wildman–Crippen LogP) is 2.00. The molecule has 0 radical (unpaired) electrons. The van der Waals surface area contributed by atoms with Crippen molar-refractivity contribution in [2.24, 2.45) is 0 Å². The van der Waals surface area contributed by atoms with Crippen molar-refractivity contribution in [2.45, 2.75) is 57.7 Å². The van der Waals surface area contributed by atoms with Gasteiger partial charge in [0.25, 0.3) is 0 Å². The summed E-state index contributed by atoms with van der Waals surface area (Å²) in [4.78, 5) is 6.93. The Hall–Kier alpha value is -1.73. The molecule has 0 aromatic carbocycles. The first-order valence-corrected chi connectivity index (χ1v) is 8.46. The Kier molecular flexibility index (Phi) is 4.13. The van der Waals surface area contributed by atoms with Crippen LogP contribution in [0, 0.1) is 6.92 Å². The summed E-state index contributed by atoms with van der Waals surface area (Å²) >= 11 is 0. The molecule has 0 spiro atoms. The maximum atomic E-state index is 5.34. The van der Waals surface area contributed by atoms with E-state index in [1.807, 2.05) is 13.0 Å². The van der Waals surface area contributed by atoms with Crippen LogP contribution in [0.25, 0.3) is 0 Å². The topological polar surface area (TPSA) is 80.2 Å². The molecular weight excluding hydrogens is 294 g/mol. The highest BCUT2D eigenvalue weighted by molar-refractivity contribution is 5.04. The normalized spacial score (nSPS) is 22.6. The van der Waals surface area contributed by atoms with Gasteiger partial charge < -0.3 is 14.4 Å². The number of rotatable bonds is 6. The van der Waals surface area contributed by atoms with Gasteiger partial charge in [0.15, 0.2) is 5.82 Å². The third-order valence-electron chi connectivity index (χ3n) is 4.53. The second-order valence-electron chi connectivity index (χ2n) is 6.71. The van der Waals surface area contributed by atoms with Crippen LogP contribution in [0.5, 0.6) is 0 Å². The van der Waals surface area contributed by atoms with Crippen molar-refractivity contribution in [3.8, 4) is 0 Å². The summed E-state index contributed by atoms with van der Waals surface area (Å²) in [6, 6.07) is 2.45. The van der Waals surface area contributed by atoms with Crippen LogP contribution in [0.4, 0.5) is 0 Å². The second-order valence-corrected chi connectivity index (χ2v) is 6.71. The minimum atomic E-state index is 0.468. The van der Waals surface area contributed by atoms with E-state index >= 15 is 0 Å². The molecule has 124 valence electrons. The van der Waals surface area contributed by atoms with Crippen molar-refractivity contribution in [3.63, 3.8) is 0 Å². The van der Waals surface area contributed by atoms with E-state index in [9.17, 15) is 0 Å². The molecule has 1 saturated heterocycles. The minimum absolute atomic E-state index is 0.468. The molecule has 1 aliphatic carbocycles. The van der Waals surface area contributed by atoms with Crippen LogP contribution in [0.1, 0.15) is 54.8 Å². The Bertz CT molecular complexity index is 648. The van der Waals surface area contributed by atoms with Crippen LogP contribution in [-0.4, -0.2) is 39.3 Å². The molecule has 0 amide bonds. The van der Waals surface area contributed by atoms with Gasteiger partial charge >= 0.3 is 0 Å². The molecular formula is C16H23N5O2. The van der Waals surface area contributed by atoms with E-state index in [1.165, 1.54) is 25.7 Å². The number of hydrogen-bond donors (Lipinski definition) is 1. The highest BCUT2D eigenvalue weighted by Crippen LogP contribution is 2.38. The Morgan fingerprint density at radius 1 is 1.26 bits per heavy atom.